The zero-order valence-corrected chi connectivity index (χ0v) is 18.6. The van der Waals surface area contributed by atoms with Gasteiger partial charge in [0.15, 0.2) is 6.61 Å². The normalized spacial score (nSPS) is 11.7. The monoisotopic (exact) mass is 480 g/mol. The third-order valence-electron chi connectivity index (χ3n) is 4.91. The summed E-state index contributed by atoms with van der Waals surface area (Å²) in [6.45, 7) is 1.65. The Balaban J connectivity index is 1.44. The first-order chi connectivity index (χ1) is 15.7. The number of fused-ring (bicyclic) bond motifs is 1. The summed E-state index contributed by atoms with van der Waals surface area (Å²) in [6.07, 6.45) is -3.02. The highest BCUT2D eigenvalue weighted by Crippen LogP contribution is 2.32. The van der Waals surface area contributed by atoms with Crippen LogP contribution in [0.25, 0.3) is 21.5 Å². The molecule has 3 heterocycles. The maximum absolute atomic E-state index is 14.0. The number of halogens is 4. The quantitative estimate of drug-likeness (QED) is 0.330. The lowest BCUT2D eigenvalue weighted by molar-refractivity contribution is -0.153. The summed E-state index contributed by atoms with van der Waals surface area (Å²) in [5, 5.41) is 5.55. The first kappa shape index (κ1) is 22.8. The Hall–Kier alpha value is -3.34. The van der Waals surface area contributed by atoms with Crippen LogP contribution in [0.1, 0.15) is 5.69 Å². The number of benzene rings is 1. The zero-order valence-electron chi connectivity index (χ0n) is 17.7. The van der Waals surface area contributed by atoms with Crippen molar-refractivity contribution in [1.29, 1.82) is 0 Å². The molecule has 33 heavy (non-hydrogen) atoms. The van der Waals surface area contributed by atoms with E-state index < -0.39 is 12.8 Å². The van der Waals surface area contributed by atoms with Crippen molar-refractivity contribution in [2.75, 3.05) is 25.6 Å². The van der Waals surface area contributed by atoms with Crippen molar-refractivity contribution in [3.8, 4) is 22.1 Å². The fourth-order valence-corrected chi connectivity index (χ4v) is 4.26. The van der Waals surface area contributed by atoms with Crippen molar-refractivity contribution >= 4 is 28.1 Å². The summed E-state index contributed by atoms with van der Waals surface area (Å²) in [7, 11) is 1.51. The number of nitrogens with zero attached hydrogens (tertiary/aromatic N) is 3. The first-order valence-electron chi connectivity index (χ1n) is 9.91. The van der Waals surface area contributed by atoms with E-state index in [2.05, 4.69) is 15.3 Å². The number of anilines is 1. The predicted molar refractivity (Wildman–Crippen MR) is 119 cm³/mol. The number of methoxy groups -OCH3 is 1. The highest BCUT2D eigenvalue weighted by molar-refractivity contribution is 7.13. The van der Waals surface area contributed by atoms with Crippen molar-refractivity contribution < 1.29 is 27.0 Å². The summed E-state index contributed by atoms with van der Waals surface area (Å²) >= 11 is 1.23. The number of ether oxygens (including phenoxy) is 2. The molecule has 0 spiro atoms. The molecule has 0 aliphatic heterocycles. The van der Waals surface area contributed by atoms with Crippen LogP contribution in [0, 0.1) is 12.7 Å². The van der Waals surface area contributed by atoms with Crippen LogP contribution in [-0.2, 0) is 6.54 Å². The van der Waals surface area contributed by atoms with Gasteiger partial charge in [-0.1, -0.05) is 0 Å². The topological polar surface area (TPSA) is 61.2 Å². The Kier molecular flexibility index (Phi) is 6.41. The summed E-state index contributed by atoms with van der Waals surface area (Å²) in [4.78, 5) is 9.05. The molecule has 4 rings (SSSR count). The Morgan fingerprint density at radius 2 is 1.94 bits per heavy atom. The fraction of sp³-hybridized carbons (Fsp3) is 0.273. The number of rotatable bonds is 8. The fourth-order valence-electron chi connectivity index (χ4n) is 3.47. The second kappa shape index (κ2) is 9.26. The van der Waals surface area contributed by atoms with Gasteiger partial charge in [-0.05, 0) is 19.1 Å². The first-order valence-corrected chi connectivity index (χ1v) is 10.8. The lowest BCUT2D eigenvalue weighted by Crippen LogP contribution is -2.18. The molecule has 0 bridgehead atoms. The third-order valence-corrected chi connectivity index (χ3v) is 5.84. The molecule has 0 fully saturated rings. The summed E-state index contributed by atoms with van der Waals surface area (Å²) < 4.78 is 63.0. The van der Waals surface area contributed by atoms with Gasteiger partial charge in [-0.3, -0.25) is 0 Å². The summed E-state index contributed by atoms with van der Waals surface area (Å²) in [6, 6.07) is 8.01. The van der Waals surface area contributed by atoms with Gasteiger partial charge in [0.25, 0.3) is 0 Å². The molecule has 0 aliphatic carbocycles. The van der Waals surface area contributed by atoms with Gasteiger partial charge >= 0.3 is 6.18 Å². The Bertz CT molecular complexity index is 1270. The van der Waals surface area contributed by atoms with Crippen molar-refractivity contribution in [3.05, 3.63) is 53.6 Å². The van der Waals surface area contributed by atoms with Gasteiger partial charge in [0.05, 0.1) is 23.2 Å². The van der Waals surface area contributed by atoms with Crippen LogP contribution in [0.2, 0.25) is 0 Å². The van der Waals surface area contributed by atoms with E-state index in [1.165, 1.54) is 48.4 Å². The molecular formula is C22H20F4N4O2S. The van der Waals surface area contributed by atoms with Gasteiger partial charge in [-0.25, -0.2) is 14.4 Å². The number of thiophene rings is 1. The van der Waals surface area contributed by atoms with E-state index >= 15 is 0 Å². The molecule has 0 amide bonds. The lowest BCUT2D eigenvalue weighted by atomic mass is 10.2. The summed E-state index contributed by atoms with van der Waals surface area (Å²) in [5.41, 5.74) is 2.26. The molecule has 4 aromatic rings. The highest BCUT2D eigenvalue weighted by Gasteiger charge is 2.28. The van der Waals surface area contributed by atoms with E-state index in [1.54, 1.807) is 6.07 Å². The van der Waals surface area contributed by atoms with Gasteiger partial charge in [0, 0.05) is 47.7 Å². The smallest absolute Gasteiger partial charge is 0.422 e. The molecular weight excluding hydrogens is 460 g/mol. The lowest BCUT2D eigenvalue weighted by Gasteiger charge is -2.11. The van der Waals surface area contributed by atoms with Crippen LogP contribution in [-0.4, -0.2) is 41.0 Å². The third kappa shape index (κ3) is 5.36. The maximum Gasteiger partial charge on any atom is 0.422 e. The van der Waals surface area contributed by atoms with Crippen LogP contribution in [0.4, 0.5) is 23.4 Å². The van der Waals surface area contributed by atoms with Gasteiger partial charge in [0.2, 0.25) is 0 Å². The molecule has 0 radical (unpaired) electrons. The second-order valence-corrected chi connectivity index (χ2v) is 8.16. The molecule has 0 unspecified atom stereocenters. The van der Waals surface area contributed by atoms with Crippen molar-refractivity contribution in [2.24, 2.45) is 0 Å². The van der Waals surface area contributed by atoms with E-state index in [0.29, 0.717) is 35.2 Å². The Morgan fingerprint density at radius 1 is 1.12 bits per heavy atom. The Morgan fingerprint density at radius 3 is 2.70 bits per heavy atom. The molecule has 174 valence electrons. The Labute approximate surface area is 190 Å². The van der Waals surface area contributed by atoms with E-state index in [9.17, 15) is 17.6 Å². The van der Waals surface area contributed by atoms with Crippen LogP contribution in [0.5, 0.6) is 11.5 Å². The van der Waals surface area contributed by atoms with Gasteiger partial charge in [-0.15, -0.1) is 11.3 Å². The number of hydrogen-bond donors (Lipinski definition) is 1. The minimum Gasteiger partial charge on any atom is -0.496 e. The van der Waals surface area contributed by atoms with Crippen LogP contribution < -0.4 is 14.8 Å². The van der Waals surface area contributed by atoms with Crippen molar-refractivity contribution in [1.82, 2.24) is 14.5 Å². The number of nitrogens with one attached hydrogen (secondary N) is 1. The largest absolute Gasteiger partial charge is 0.496 e. The highest BCUT2D eigenvalue weighted by atomic mass is 32.1. The summed E-state index contributed by atoms with van der Waals surface area (Å²) in [5.74, 6) is 0.804. The minimum atomic E-state index is -4.39. The number of alkyl halides is 3. The van der Waals surface area contributed by atoms with Gasteiger partial charge in [0.1, 0.15) is 29.5 Å². The van der Waals surface area contributed by atoms with Crippen molar-refractivity contribution in [3.63, 3.8) is 0 Å². The van der Waals surface area contributed by atoms with E-state index in [-0.39, 0.29) is 11.6 Å². The van der Waals surface area contributed by atoms with E-state index in [1.807, 2.05) is 17.6 Å². The van der Waals surface area contributed by atoms with E-state index in [0.717, 1.165) is 16.6 Å². The zero-order chi connectivity index (χ0) is 23.6. The maximum atomic E-state index is 14.0. The van der Waals surface area contributed by atoms with Crippen LogP contribution >= 0.6 is 11.3 Å². The van der Waals surface area contributed by atoms with Crippen molar-refractivity contribution in [2.45, 2.75) is 19.6 Å². The molecule has 0 atom stereocenters. The average molecular weight is 480 g/mol. The molecule has 0 saturated carbocycles. The minimum absolute atomic E-state index is 0.137. The van der Waals surface area contributed by atoms with Gasteiger partial charge in [-0.2, -0.15) is 13.2 Å². The SMILES string of the molecule is COc1cc(F)cc2c1cc(C)n2CCNc1cc(-c2cc(OCC(F)(F)F)cs2)ncn1. The second-order valence-electron chi connectivity index (χ2n) is 7.24. The predicted octanol–water partition coefficient (Wildman–Crippen LogP) is 5.67. The number of aryl methyl sites for hydroxylation is 1. The number of aromatic nitrogens is 3. The molecule has 0 saturated heterocycles. The standard InChI is InChI=1S/C22H20F4N4O2S/c1-13-5-16-18(6-14(23)7-19(16)31-2)30(13)4-3-27-21-9-17(28-12-29-21)20-8-15(10-33-20)32-11-22(24,25)26/h5-10,12H,3-4,11H2,1-2H3,(H,27,28,29). The molecule has 1 N–H and O–H groups in total. The molecule has 3 aromatic heterocycles. The number of hydrogen-bond acceptors (Lipinski definition) is 6. The van der Waals surface area contributed by atoms with Crippen LogP contribution in [0.15, 0.2) is 42.0 Å². The molecule has 0 aliphatic rings. The molecule has 1 aromatic carbocycles. The molecule has 11 heteroatoms. The average Bonchev–Trinajstić information content (AvgIpc) is 3.36. The van der Waals surface area contributed by atoms with Gasteiger partial charge < -0.3 is 19.4 Å². The van der Waals surface area contributed by atoms with Crippen LogP contribution in [0.3, 0.4) is 0 Å². The van der Waals surface area contributed by atoms with E-state index in [4.69, 9.17) is 9.47 Å². The molecule has 6 nitrogen and oxygen atoms in total.